The number of fused-ring (bicyclic) bond motifs is 1. The van der Waals surface area contributed by atoms with Crippen LogP contribution in [0.4, 0.5) is 20.6 Å². The summed E-state index contributed by atoms with van der Waals surface area (Å²) in [5, 5.41) is 35.3. The first-order valence-electron chi connectivity index (χ1n) is 15.2. The van der Waals surface area contributed by atoms with Gasteiger partial charge < -0.3 is 30.8 Å². The molecule has 6 rings (SSSR count). The number of ether oxygens (including phenoxy) is 1. The van der Waals surface area contributed by atoms with Crippen LogP contribution < -0.4 is 21.8 Å². The van der Waals surface area contributed by atoms with Crippen LogP contribution in [0.25, 0.3) is 10.9 Å². The highest BCUT2D eigenvalue weighted by atomic mass is 31.0. The van der Waals surface area contributed by atoms with E-state index < -0.39 is 24.9 Å². The molecule has 3 aliphatic carbocycles. The van der Waals surface area contributed by atoms with Crippen molar-refractivity contribution in [2.45, 2.75) is 71.5 Å². The molecule has 1 unspecified atom stereocenters. The van der Waals surface area contributed by atoms with Crippen molar-refractivity contribution in [1.82, 2.24) is 15.0 Å². The number of nitriles is 2. The Bertz CT molecular complexity index is 1800. The van der Waals surface area contributed by atoms with Crippen LogP contribution in [0.3, 0.4) is 0 Å². The van der Waals surface area contributed by atoms with Crippen LogP contribution in [0, 0.1) is 46.9 Å². The van der Waals surface area contributed by atoms with Crippen LogP contribution in [0.1, 0.15) is 75.4 Å². The number of hydrazine groups is 1. The average Bonchev–Trinajstić information content (AvgIpc) is 2.98. The Labute approximate surface area is 281 Å². The molecule has 13 nitrogen and oxygen atoms in total. The number of nitrogens with two attached hydrogens (primary N) is 2. The van der Waals surface area contributed by atoms with Gasteiger partial charge in [-0.25, -0.2) is 15.6 Å². The number of aromatic nitrogens is 2. The fraction of sp³-hybridized carbons (Fsp3) is 0.424. The Hall–Kier alpha value is -4.59. The van der Waals surface area contributed by atoms with Crippen molar-refractivity contribution >= 4 is 37.8 Å². The lowest BCUT2D eigenvalue weighted by atomic mass is 9.49. The molecule has 7 N–H and O–H groups in total. The Morgan fingerprint density at radius 3 is 2.42 bits per heavy atom. The van der Waals surface area contributed by atoms with Crippen LogP contribution in [0.15, 0.2) is 42.4 Å². The largest absolute Gasteiger partial charge is 0.422 e. The summed E-state index contributed by atoms with van der Waals surface area (Å²) >= 11 is 0. The minimum atomic E-state index is -1.16. The second-order valence-corrected chi connectivity index (χ2v) is 13.3. The molecule has 2 heterocycles. The van der Waals surface area contributed by atoms with Gasteiger partial charge in [0, 0.05) is 35.1 Å². The van der Waals surface area contributed by atoms with Gasteiger partial charge in [0.15, 0.2) is 6.79 Å². The minimum Gasteiger partial charge on any atom is -0.422 e. The normalized spacial score (nSPS) is 19.2. The molecule has 1 amide bonds. The van der Waals surface area contributed by atoms with Gasteiger partial charge in [-0.3, -0.25) is 9.88 Å². The van der Waals surface area contributed by atoms with Crippen LogP contribution in [-0.2, 0) is 4.74 Å². The van der Waals surface area contributed by atoms with Gasteiger partial charge >= 0.3 is 6.09 Å². The lowest BCUT2D eigenvalue weighted by molar-refractivity contribution is -0.124. The molecule has 3 saturated carbocycles. The molecule has 0 aliphatic heterocycles. The Morgan fingerprint density at radius 2 is 1.90 bits per heavy atom. The van der Waals surface area contributed by atoms with Gasteiger partial charge in [0.2, 0.25) is 5.95 Å². The van der Waals surface area contributed by atoms with E-state index >= 15 is 0 Å². The monoisotopic (exact) mass is 677 g/mol. The standard InChI is InChI=1S/C33H38FN9O3.H3OP/c1-18-24(6-7-27(34)40-18)30(26(37)16-42(38)33-10-20(11-33)12-33)43(31(45)46-17-44)23-8-21(13-35)28-25(9-23)29(22(14-36)15-39-28)41-19(2)32(3,4)5;1-2/h6-9,15-16,19-20,30,44H,10-12,17,37-38H2,1-5H3,(H,39,41);1H,2H2/b26-16-;/t19-,20?,30+,33?;/m1./s1. The third-order valence-corrected chi connectivity index (χ3v) is 9.32. The van der Waals surface area contributed by atoms with E-state index in [0.717, 1.165) is 30.2 Å². The number of halogens is 1. The maximum Gasteiger partial charge on any atom is 0.417 e. The molecule has 2 bridgehead atoms. The second kappa shape index (κ2) is 14.3. The van der Waals surface area contributed by atoms with Crippen LogP contribution >= 0.6 is 9.47 Å². The zero-order chi connectivity index (χ0) is 35.6. The number of hydrogen-bond donors (Lipinski definition) is 5. The fourth-order valence-corrected chi connectivity index (χ4v) is 6.08. The zero-order valence-electron chi connectivity index (χ0n) is 27.5. The van der Waals surface area contributed by atoms with Crippen LogP contribution in [-0.4, -0.2) is 49.4 Å². The predicted molar refractivity (Wildman–Crippen MR) is 182 cm³/mol. The number of carbonyl (C=O) groups excluding carboxylic acids is 1. The summed E-state index contributed by atoms with van der Waals surface area (Å²) in [7, 11) is 1.42. The third kappa shape index (κ3) is 6.84. The zero-order valence-corrected chi connectivity index (χ0v) is 28.7. The fourth-order valence-electron chi connectivity index (χ4n) is 6.08. The molecule has 0 radical (unpaired) electrons. The van der Waals surface area contributed by atoms with Crippen LogP contribution in [0.5, 0.6) is 0 Å². The highest BCUT2D eigenvalue weighted by molar-refractivity contribution is 7.08. The van der Waals surface area contributed by atoms with E-state index in [-0.39, 0.29) is 45.2 Å². The molecule has 48 heavy (non-hydrogen) atoms. The van der Waals surface area contributed by atoms with Gasteiger partial charge in [0.05, 0.1) is 39.3 Å². The maximum atomic E-state index is 14.2. The lowest BCUT2D eigenvalue weighted by Crippen LogP contribution is -2.68. The number of hydrogen-bond acceptors (Lipinski definition) is 12. The number of nitrogens with one attached hydrogen (secondary N) is 1. The van der Waals surface area contributed by atoms with Crippen molar-refractivity contribution in [2.24, 2.45) is 22.9 Å². The summed E-state index contributed by atoms with van der Waals surface area (Å²) < 4.78 is 19.3. The van der Waals surface area contributed by atoms with E-state index in [4.69, 9.17) is 21.2 Å². The topological polar surface area (TPSA) is 211 Å². The van der Waals surface area contributed by atoms with Crippen LogP contribution in [0.2, 0.25) is 0 Å². The highest BCUT2D eigenvalue weighted by Gasteiger charge is 2.59. The van der Waals surface area contributed by atoms with Gasteiger partial charge in [-0.15, -0.1) is 0 Å². The number of carbonyl (C=O) groups is 1. The lowest BCUT2D eigenvalue weighted by Gasteiger charge is -2.65. The molecule has 3 aromatic rings. The first kappa shape index (κ1) is 36.2. The number of amides is 1. The summed E-state index contributed by atoms with van der Waals surface area (Å²) in [4.78, 5) is 30.3. The molecule has 254 valence electrons. The number of benzene rings is 1. The molecule has 3 aliphatic rings. The van der Waals surface area contributed by atoms with E-state index in [0.29, 0.717) is 28.1 Å². The van der Waals surface area contributed by atoms with Crippen molar-refractivity contribution in [3.63, 3.8) is 0 Å². The summed E-state index contributed by atoms with van der Waals surface area (Å²) in [5.74, 6) is 6.40. The quantitative estimate of drug-likeness (QED) is 0.0692. The van der Waals surface area contributed by atoms with Gasteiger partial charge in [-0.2, -0.15) is 14.9 Å². The predicted octanol–water partition coefficient (Wildman–Crippen LogP) is 4.60. The summed E-state index contributed by atoms with van der Waals surface area (Å²) in [6, 6.07) is 8.70. The van der Waals surface area contributed by atoms with Crippen molar-refractivity contribution in [1.29, 1.82) is 10.5 Å². The summed E-state index contributed by atoms with van der Waals surface area (Å²) in [6.45, 7) is 8.75. The van der Waals surface area contributed by atoms with Gasteiger partial charge in [-0.05, 0) is 72.1 Å². The molecule has 2 aromatic heterocycles. The van der Waals surface area contributed by atoms with Crippen molar-refractivity contribution in [3.05, 3.63) is 70.7 Å². The van der Waals surface area contributed by atoms with Crippen molar-refractivity contribution in [3.8, 4) is 12.1 Å². The molecule has 0 spiro atoms. The first-order valence-corrected chi connectivity index (χ1v) is 15.7. The van der Waals surface area contributed by atoms with Crippen molar-refractivity contribution in [2.75, 3.05) is 17.0 Å². The Kier molecular flexibility index (Phi) is 10.8. The molecule has 0 saturated heterocycles. The van der Waals surface area contributed by atoms with Gasteiger partial charge in [0.1, 0.15) is 18.2 Å². The number of nitrogens with zero attached hydrogens (tertiary/aromatic N) is 6. The number of rotatable bonds is 9. The third-order valence-electron chi connectivity index (χ3n) is 9.32. The number of anilines is 2. The summed E-state index contributed by atoms with van der Waals surface area (Å²) in [5.41, 5.74) is 8.28. The summed E-state index contributed by atoms with van der Waals surface area (Å²) in [6.07, 6.45) is 4.74. The molecular weight excluding hydrogens is 636 g/mol. The molecule has 1 aromatic carbocycles. The Morgan fingerprint density at radius 1 is 1.25 bits per heavy atom. The van der Waals surface area contributed by atoms with E-state index in [9.17, 15) is 24.8 Å². The van der Waals surface area contributed by atoms with Gasteiger partial charge in [-0.1, -0.05) is 26.8 Å². The molecule has 15 heteroatoms. The molecular formula is C33H41FN9O4P. The number of aliphatic hydroxyl groups is 1. The smallest absolute Gasteiger partial charge is 0.417 e. The van der Waals surface area contributed by atoms with E-state index in [1.807, 2.05) is 27.7 Å². The second-order valence-electron chi connectivity index (χ2n) is 13.3. The SMILES string of the molecule is Cc1nc(F)ccc1[C@@H](/C(N)=C/N(N)C12CC(C1)C2)N(C(=O)OCO)c1cc(C#N)c2ncc(C#N)c(N[C@H](C)C(C)(C)C)c2c1.OP. The molecule has 3 fully saturated rings. The number of aliphatic hydroxyl groups excluding tert-OH is 1. The highest BCUT2D eigenvalue weighted by Crippen LogP contribution is 2.60. The van der Waals surface area contributed by atoms with Crippen molar-refractivity contribution < 1.29 is 23.9 Å². The average molecular weight is 678 g/mol. The van der Waals surface area contributed by atoms with E-state index in [1.165, 1.54) is 27.8 Å². The number of pyridine rings is 2. The van der Waals surface area contributed by atoms with E-state index in [1.54, 1.807) is 24.2 Å². The maximum absolute atomic E-state index is 14.2. The van der Waals surface area contributed by atoms with Gasteiger partial charge in [0.25, 0.3) is 0 Å². The Balaban J connectivity index is 0.00000255. The molecule has 3 atom stereocenters. The minimum absolute atomic E-state index is 0.106. The first-order chi connectivity index (χ1) is 22.7. The number of aryl methyl sites for hydroxylation is 1. The van der Waals surface area contributed by atoms with E-state index in [2.05, 4.69) is 27.4 Å².